The van der Waals surface area contributed by atoms with Crippen LogP contribution in [0.5, 0.6) is 0 Å². The number of benzene rings is 1. The zero-order valence-electron chi connectivity index (χ0n) is 10.1. The highest BCUT2D eigenvalue weighted by Crippen LogP contribution is 2.28. The molecule has 1 fully saturated rings. The lowest BCUT2D eigenvalue weighted by molar-refractivity contribution is 0.129. The van der Waals surface area contributed by atoms with Crippen molar-refractivity contribution in [3.63, 3.8) is 0 Å². The van der Waals surface area contributed by atoms with Crippen LogP contribution in [0.2, 0.25) is 0 Å². The van der Waals surface area contributed by atoms with E-state index in [-0.39, 0.29) is 4.90 Å². The first-order chi connectivity index (χ1) is 8.58. The Bertz CT molecular complexity index is 481. The van der Waals surface area contributed by atoms with Crippen LogP contribution in [0.3, 0.4) is 0 Å². The number of hydrogen-bond donors (Lipinski definition) is 2. The zero-order chi connectivity index (χ0) is 13.0. The van der Waals surface area contributed by atoms with E-state index in [1.807, 2.05) is 0 Å². The summed E-state index contributed by atoms with van der Waals surface area (Å²) >= 11 is 0. The average molecular weight is 270 g/mol. The quantitative estimate of drug-likeness (QED) is 0.571. The van der Waals surface area contributed by atoms with E-state index in [1.54, 1.807) is 12.1 Å². The van der Waals surface area contributed by atoms with Crippen molar-refractivity contribution in [3.8, 4) is 0 Å². The van der Waals surface area contributed by atoms with Crippen molar-refractivity contribution in [1.29, 1.82) is 0 Å². The summed E-state index contributed by atoms with van der Waals surface area (Å²) in [7, 11) is -3.45. The number of hydrogen-bond acceptors (Lipinski definition) is 4. The van der Waals surface area contributed by atoms with E-state index in [2.05, 4.69) is 4.72 Å². The van der Waals surface area contributed by atoms with Crippen LogP contribution < -0.4 is 10.5 Å². The highest BCUT2D eigenvalue weighted by Gasteiger charge is 2.21. The molecule has 0 radical (unpaired) electrons. The Morgan fingerprint density at radius 2 is 1.94 bits per heavy atom. The lowest BCUT2D eigenvalue weighted by atomic mass is 10.3. The van der Waals surface area contributed by atoms with E-state index in [4.69, 9.17) is 10.5 Å². The molecule has 0 heterocycles. The first-order valence-electron chi connectivity index (χ1n) is 6.01. The second kappa shape index (κ2) is 5.69. The van der Waals surface area contributed by atoms with E-state index in [1.165, 1.54) is 25.0 Å². The van der Waals surface area contributed by atoms with Gasteiger partial charge < -0.3 is 10.5 Å². The monoisotopic (exact) mass is 270 g/mol. The lowest BCUT2D eigenvalue weighted by Crippen LogP contribution is -2.27. The summed E-state index contributed by atoms with van der Waals surface area (Å²) < 4.78 is 31.5. The topological polar surface area (TPSA) is 81.4 Å². The maximum Gasteiger partial charge on any atom is 0.240 e. The Kier molecular flexibility index (Phi) is 4.21. The van der Waals surface area contributed by atoms with Gasteiger partial charge in [-0.05, 0) is 43.0 Å². The molecule has 0 spiro atoms. The van der Waals surface area contributed by atoms with E-state index in [9.17, 15) is 8.42 Å². The Morgan fingerprint density at radius 3 is 2.56 bits per heavy atom. The minimum Gasteiger partial charge on any atom is -0.399 e. The Balaban J connectivity index is 1.77. The van der Waals surface area contributed by atoms with Gasteiger partial charge in [-0.15, -0.1) is 0 Å². The summed E-state index contributed by atoms with van der Waals surface area (Å²) in [6.07, 6.45) is 2.47. The van der Waals surface area contributed by atoms with Gasteiger partial charge in [0.1, 0.15) is 0 Å². The third-order valence-corrected chi connectivity index (χ3v) is 4.26. The molecule has 6 heteroatoms. The second-order valence-corrected chi connectivity index (χ2v) is 6.25. The minimum absolute atomic E-state index is 0.221. The smallest absolute Gasteiger partial charge is 0.240 e. The maximum atomic E-state index is 11.8. The molecule has 18 heavy (non-hydrogen) atoms. The van der Waals surface area contributed by atoms with Crippen LogP contribution >= 0.6 is 0 Å². The molecule has 0 aromatic heterocycles. The molecule has 1 aliphatic carbocycles. The SMILES string of the molecule is Nc1ccc(S(=O)(=O)NCCOCC2CC2)cc1. The van der Waals surface area contributed by atoms with E-state index in [0.29, 0.717) is 24.8 Å². The van der Waals surface area contributed by atoms with Crippen LogP contribution in [0.25, 0.3) is 0 Å². The molecule has 0 bridgehead atoms. The first-order valence-corrected chi connectivity index (χ1v) is 7.49. The van der Waals surface area contributed by atoms with E-state index in [0.717, 1.165) is 6.61 Å². The normalized spacial score (nSPS) is 15.8. The second-order valence-electron chi connectivity index (χ2n) is 4.49. The third kappa shape index (κ3) is 3.97. The molecule has 1 aliphatic rings. The number of rotatable bonds is 7. The number of nitrogen functional groups attached to an aromatic ring is 1. The first kappa shape index (κ1) is 13.3. The van der Waals surface area contributed by atoms with Crippen LogP contribution in [0, 0.1) is 5.92 Å². The molecule has 5 nitrogen and oxygen atoms in total. The molecule has 100 valence electrons. The summed E-state index contributed by atoms with van der Waals surface area (Å²) in [5, 5.41) is 0. The summed E-state index contributed by atoms with van der Waals surface area (Å²) in [6.45, 7) is 1.44. The Labute approximate surface area is 107 Å². The number of sulfonamides is 1. The number of anilines is 1. The van der Waals surface area contributed by atoms with Gasteiger partial charge in [0.2, 0.25) is 10.0 Å². The van der Waals surface area contributed by atoms with Gasteiger partial charge in [0.25, 0.3) is 0 Å². The van der Waals surface area contributed by atoms with Crippen LogP contribution in [-0.4, -0.2) is 28.2 Å². The lowest BCUT2D eigenvalue weighted by Gasteiger charge is -2.07. The predicted octanol–water partition coefficient (Wildman–Crippen LogP) is 0.974. The van der Waals surface area contributed by atoms with Crippen LogP contribution in [0.15, 0.2) is 29.2 Å². The molecule has 1 aromatic rings. The maximum absolute atomic E-state index is 11.8. The van der Waals surface area contributed by atoms with Gasteiger partial charge in [-0.25, -0.2) is 13.1 Å². The molecule has 0 amide bonds. The van der Waals surface area contributed by atoms with Crippen molar-refractivity contribution < 1.29 is 13.2 Å². The molecular weight excluding hydrogens is 252 g/mol. The molecular formula is C12H18N2O3S. The van der Waals surface area contributed by atoms with Gasteiger partial charge in [0.05, 0.1) is 11.5 Å². The molecule has 0 unspecified atom stereocenters. The number of ether oxygens (including phenoxy) is 1. The largest absolute Gasteiger partial charge is 0.399 e. The standard InChI is InChI=1S/C12H18N2O3S/c13-11-3-5-12(6-4-11)18(15,16)14-7-8-17-9-10-1-2-10/h3-6,10,14H,1-2,7-9,13H2. The Morgan fingerprint density at radius 1 is 1.28 bits per heavy atom. The highest BCUT2D eigenvalue weighted by molar-refractivity contribution is 7.89. The van der Waals surface area contributed by atoms with Crippen molar-refractivity contribution >= 4 is 15.7 Å². The fourth-order valence-corrected chi connectivity index (χ4v) is 2.53. The molecule has 2 rings (SSSR count). The highest BCUT2D eigenvalue weighted by atomic mass is 32.2. The van der Waals surface area contributed by atoms with Crippen molar-refractivity contribution in [2.75, 3.05) is 25.5 Å². The molecule has 0 saturated heterocycles. The Hall–Kier alpha value is -1.11. The third-order valence-electron chi connectivity index (χ3n) is 2.78. The van der Waals surface area contributed by atoms with Gasteiger partial charge in [-0.1, -0.05) is 0 Å². The summed E-state index contributed by atoms with van der Waals surface area (Å²) in [5.74, 6) is 0.693. The van der Waals surface area contributed by atoms with Gasteiger partial charge in [-0.2, -0.15) is 0 Å². The molecule has 1 saturated carbocycles. The molecule has 0 aliphatic heterocycles. The minimum atomic E-state index is -3.45. The van der Waals surface area contributed by atoms with Gasteiger partial charge >= 0.3 is 0 Å². The van der Waals surface area contributed by atoms with Crippen molar-refractivity contribution in [3.05, 3.63) is 24.3 Å². The van der Waals surface area contributed by atoms with Gasteiger partial charge in [0.15, 0.2) is 0 Å². The summed E-state index contributed by atoms with van der Waals surface area (Å²) in [4.78, 5) is 0.221. The fraction of sp³-hybridized carbons (Fsp3) is 0.500. The van der Waals surface area contributed by atoms with Crippen molar-refractivity contribution in [1.82, 2.24) is 4.72 Å². The van der Waals surface area contributed by atoms with Crippen molar-refractivity contribution in [2.45, 2.75) is 17.7 Å². The van der Waals surface area contributed by atoms with Crippen LogP contribution in [0.4, 0.5) is 5.69 Å². The number of nitrogens with two attached hydrogens (primary N) is 1. The number of nitrogens with one attached hydrogen (secondary N) is 1. The molecule has 0 atom stereocenters. The summed E-state index contributed by atoms with van der Waals surface area (Å²) in [6, 6.07) is 6.11. The summed E-state index contributed by atoms with van der Waals surface area (Å²) in [5.41, 5.74) is 6.05. The molecule has 3 N–H and O–H groups in total. The zero-order valence-corrected chi connectivity index (χ0v) is 10.9. The van der Waals surface area contributed by atoms with Crippen molar-refractivity contribution in [2.24, 2.45) is 5.92 Å². The van der Waals surface area contributed by atoms with Crippen LogP contribution in [-0.2, 0) is 14.8 Å². The predicted molar refractivity (Wildman–Crippen MR) is 69.6 cm³/mol. The van der Waals surface area contributed by atoms with E-state index >= 15 is 0 Å². The average Bonchev–Trinajstić information content (AvgIpc) is 3.13. The van der Waals surface area contributed by atoms with Crippen LogP contribution in [0.1, 0.15) is 12.8 Å². The van der Waals surface area contributed by atoms with Gasteiger partial charge in [0, 0.05) is 18.8 Å². The fourth-order valence-electron chi connectivity index (χ4n) is 1.51. The molecule has 1 aromatic carbocycles. The van der Waals surface area contributed by atoms with E-state index < -0.39 is 10.0 Å². The van der Waals surface area contributed by atoms with Gasteiger partial charge in [-0.3, -0.25) is 0 Å².